The van der Waals surface area contributed by atoms with E-state index >= 15 is 0 Å². The van der Waals surface area contributed by atoms with Gasteiger partial charge < -0.3 is 10.6 Å². The van der Waals surface area contributed by atoms with Crippen LogP contribution in [-0.4, -0.2) is 34.3 Å². The van der Waals surface area contributed by atoms with Gasteiger partial charge >= 0.3 is 0 Å². The third kappa shape index (κ3) is 4.33. The molecule has 1 atom stereocenters. The van der Waals surface area contributed by atoms with Crippen LogP contribution in [0.2, 0.25) is 0 Å². The predicted octanol–water partition coefficient (Wildman–Crippen LogP) is 1.23. The summed E-state index contributed by atoms with van der Waals surface area (Å²) in [7, 11) is 4.06. The Morgan fingerprint density at radius 1 is 1.50 bits per heavy atom. The van der Waals surface area contributed by atoms with Crippen LogP contribution in [0.15, 0.2) is 12.3 Å². The van der Waals surface area contributed by atoms with Crippen LogP contribution in [-0.2, 0) is 13.6 Å². The lowest BCUT2D eigenvalue weighted by Gasteiger charge is -2.20. The minimum absolute atomic E-state index is 0.297. The minimum atomic E-state index is 0.297. The normalized spacial score (nSPS) is 13.7. The summed E-state index contributed by atoms with van der Waals surface area (Å²) in [5.41, 5.74) is 7.13. The molecule has 1 aromatic rings. The highest BCUT2D eigenvalue weighted by atomic mass is 15.3. The summed E-state index contributed by atoms with van der Waals surface area (Å²) in [6.07, 6.45) is 3.02. The molecular formula is C12H24N4. The first kappa shape index (κ1) is 13.2. The fraction of sp³-hybridized carbons (Fsp3) is 0.750. The number of aryl methyl sites for hydroxylation is 1. The largest absolute Gasteiger partial charge is 0.327 e. The van der Waals surface area contributed by atoms with Crippen LogP contribution in [0.25, 0.3) is 0 Å². The van der Waals surface area contributed by atoms with Crippen molar-refractivity contribution in [1.29, 1.82) is 0 Å². The summed E-state index contributed by atoms with van der Waals surface area (Å²) in [4.78, 5) is 2.27. The number of hydrogen-bond donors (Lipinski definition) is 1. The zero-order valence-corrected chi connectivity index (χ0v) is 10.8. The van der Waals surface area contributed by atoms with Crippen molar-refractivity contribution in [2.45, 2.75) is 32.9 Å². The number of rotatable bonds is 6. The molecule has 4 nitrogen and oxygen atoms in total. The molecule has 0 aliphatic carbocycles. The van der Waals surface area contributed by atoms with E-state index in [2.05, 4.69) is 37.0 Å². The maximum Gasteiger partial charge on any atom is 0.0764 e. The van der Waals surface area contributed by atoms with Crippen LogP contribution in [0.4, 0.5) is 0 Å². The van der Waals surface area contributed by atoms with Gasteiger partial charge in [-0.05, 0) is 32.0 Å². The predicted molar refractivity (Wildman–Crippen MR) is 67.0 cm³/mol. The van der Waals surface area contributed by atoms with E-state index in [0.717, 1.165) is 25.2 Å². The van der Waals surface area contributed by atoms with E-state index in [1.54, 1.807) is 0 Å². The van der Waals surface area contributed by atoms with Crippen molar-refractivity contribution >= 4 is 0 Å². The number of hydrogen-bond acceptors (Lipinski definition) is 3. The van der Waals surface area contributed by atoms with Crippen LogP contribution in [0, 0.1) is 5.92 Å². The summed E-state index contributed by atoms with van der Waals surface area (Å²) < 4.78 is 1.84. The summed E-state index contributed by atoms with van der Waals surface area (Å²) in [6.45, 7) is 6.26. The van der Waals surface area contributed by atoms with Crippen molar-refractivity contribution in [3.05, 3.63) is 18.0 Å². The van der Waals surface area contributed by atoms with Crippen molar-refractivity contribution in [2.75, 3.05) is 13.6 Å². The molecule has 0 aliphatic heterocycles. The monoisotopic (exact) mass is 224 g/mol. The molecule has 1 rings (SSSR count). The van der Waals surface area contributed by atoms with E-state index in [0.29, 0.717) is 12.0 Å². The third-order valence-corrected chi connectivity index (χ3v) is 2.90. The molecule has 92 valence electrons. The molecule has 0 radical (unpaired) electrons. The van der Waals surface area contributed by atoms with Gasteiger partial charge in [-0.15, -0.1) is 0 Å². The SMILES string of the molecule is CC(C)C(N)CCN(C)Cc1ccn(C)n1. The van der Waals surface area contributed by atoms with E-state index in [1.807, 2.05) is 17.9 Å². The molecule has 1 aromatic heterocycles. The fourth-order valence-corrected chi connectivity index (χ4v) is 1.61. The Labute approximate surface area is 98.4 Å². The van der Waals surface area contributed by atoms with Crippen molar-refractivity contribution < 1.29 is 0 Å². The molecule has 0 fully saturated rings. The smallest absolute Gasteiger partial charge is 0.0764 e. The molecule has 1 unspecified atom stereocenters. The van der Waals surface area contributed by atoms with Gasteiger partial charge in [0.25, 0.3) is 0 Å². The Hall–Kier alpha value is -0.870. The second kappa shape index (κ2) is 6.01. The molecule has 0 bridgehead atoms. The van der Waals surface area contributed by atoms with Gasteiger partial charge in [-0.1, -0.05) is 13.8 Å². The van der Waals surface area contributed by atoms with Crippen LogP contribution >= 0.6 is 0 Å². The van der Waals surface area contributed by atoms with E-state index < -0.39 is 0 Å². The molecule has 4 heteroatoms. The zero-order chi connectivity index (χ0) is 12.1. The summed E-state index contributed by atoms with van der Waals surface area (Å²) in [6, 6.07) is 2.35. The van der Waals surface area contributed by atoms with Crippen LogP contribution < -0.4 is 5.73 Å². The Morgan fingerprint density at radius 3 is 2.69 bits per heavy atom. The maximum atomic E-state index is 6.02. The molecule has 0 saturated heterocycles. The second-order valence-electron chi connectivity index (χ2n) is 4.92. The Balaban J connectivity index is 2.28. The molecule has 0 aliphatic rings. The van der Waals surface area contributed by atoms with Gasteiger partial charge in [0.05, 0.1) is 5.69 Å². The Morgan fingerprint density at radius 2 is 2.19 bits per heavy atom. The second-order valence-corrected chi connectivity index (χ2v) is 4.92. The van der Waals surface area contributed by atoms with Crippen molar-refractivity contribution in [2.24, 2.45) is 18.7 Å². The average Bonchev–Trinajstić information content (AvgIpc) is 2.60. The lowest BCUT2D eigenvalue weighted by Crippen LogP contribution is -2.31. The average molecular weight is 224 g/mol. The molecule has 0 aromatic carbocycles. The summed E-state index contributed by atoms with van der Waals surface area (Å²) >= 11 is 0. The highest BCUT2D eigenvalue weighted by molar-refractivity contribution is 4.98. The fourth-order valence-electron chi connectivity index (χ4n) is 1.61. The van der Waals surface area contributed by atoms with Gasteiger partial charge in [-0.25, -0.2) is 0 Å². The Bertz CT molecular complexity index is 306. The lowest BCUT2D eigenvalue weighted by molar-refractivity contribution is 0.292. The van der Waals surface area contributed by atoms with Crippen molar-refractivity contribution in [3.8, 4) is 0 Å². The van der Waals surface area contributed by atoms with Crippen LogP contribution in [0.1, 0.15) is 26.0 Å². The van der Waals surface area contributed by atoms with Gasteiger partial charge in [0, 0.05) is 25.8 Å². The quantitative estimate of drug-likeness (QED) is 0.790. The molecule has 0 amide bonds. The topological polar surface area (TPSA) is 47.1 Å². The minimum Gasteiger partial charge on any atom is -0.327 e. The van der Waals surface area contributed by atoms with E-state index in [-0.39, 0.29) is 0 Å². The highest BCUT2D eigenvalue weighted by Crippen LogP contribution is 2.05. The molecule has 16 heavy (non-hydrogen) atoms. The summed E-state index contributed by atoms with van der Waals surface area (Å²) in [5.74, 6) is 0.559. The molecular weight excluding hydrogens is 200 g/mol. The van der Waals surface area contributed by atoms with E-state index in [1.165, 1.54) is 0 Å². The van der Waals surface area contributed by atoms with Gasteiger partial charge in [0.2, 0.25) is 0 Å². The number of aromatic nitrogens is 2. The molecule has 0 spiro atoms. The number of nitrogens with zero attached hydrogens (tertiary/aromatic N) is 3. The van der Waals surface area contributed by atoms with Gasteiger partial charge in [-0.2, -0.15) is 5.10 Å². The highest BCUT2D eigenvalue weighted by Gasteiger charge is 2.09. The number of nitrogens with two attached hydrogens (primary N) is 1. The van der Waals surface area contributed by atoms with Crippen LogP contribution in [0.3, 0.4) is 0 Å². The first-order chi connectivity index (χ1) is 7.49. The first-order valence-electron chi connectivity index (χ1n) is 5.91. The maximum absolute atomic E-state index is 6.02. The lowest BCUT2D eigenvalue weighted by atomic mass is 10.0. The molecule has 1 heterocycles. The van der Waals surface area contributed by atoms with Gasteiger partial charge in [0.1, 0.15) is 0 Å². The van der Waals surface area contributed by atoms with Gasteiger partial charge in [-0.3, -0.25) is 4.68 Å². The first-order valence-corrected chi connectivity index (χ1v) is 5.91. The zero-order valence-electron chi connectivity index (χ0n) is 10.8. The van der Waals surface area contributed by atoms with Crippen molar-refractivity contribution in [3.63, 3.8) is 0 Å². The standard InChI is InChI=1S/C12H24N4/c1-10(2)12(13)6-7-15(3)9-11-5-8-16(4)14-11/h5,8,10,12H,6-7,9,13H2,1-4H3. The van der Waals surface area contributed by atoms with Crippen LogP contribution in [0.5, 0.6) is 0 Å². The van der Waals surface area contributed by atoms with E-state index in [9.17, 15) is 0 Å². The molecule has 2 N–H and O–H groups in total. The molecule has 0 saturated carbocycles. The van der Waals surface area contributed by atoms with Gasteiger partial charge in [0.15, 0.2) is 0 Å². The Kier molecular flexibility index (Phi) is 4.96. The third-order valence-electron chi connectivity index (χ3n) is 2.90. The summed E-state index contributed by atoms with van der Waals surface area (Å²) in [5, 5.41) is 4.36. The van der Waals surface area contributed by atoms with E-state index in [4.69, 9.17) is 5.73 Å². The van der Waals surface area contributed by atoms with Crippen molar-refractivity contribution in [1.82, 2.24) is 14.7 Å².